The summed E-state index contributed by atoms with van der Waals surface area (Å²) in [4.78, 5) is 0. The Kier molecular flexibility index (Phi) is 7.72. The molecule has 0 aliphatic rings. The molecule has 0 atom stereocenters. The van der Waals surface area contributed by atoms with E-state index in [0.717, 1.165) is 49.7 Å². The van der Waals surface area contributed by atoms with Gasteiger partial charge in [-0.15, -0.1) is 0 Å². The van der Waals surface area contributed by atoms with E-state index in [1.54, 1.807) is 14.2 Å². The summed E-state index contributed by atoms with van der Waals surface area (Å²) in [5.74, 6) is 1.49. The number of hydrogen-bond donors (Lipinski definition) is 2. The van der Waals surface area contributed by atoms with Crippen molar-refractivity contribution in [1.82, 2.24) is 20.4 Å². The fourth-order valence-corrected chi connectivity index (χ4v) is 2.96. The van der Waals surface area contributed by atoms with Crippen LogP contribution in [0.5, 0.6) is 11.5 Å². The van der Waals surface area contributed by atoms with E-state index in [2.05, 4.69) is 28.7 Å². The first-order valence-corrected chi connectivity index (χ1v) is 9.18. The van der Waals surface area contributed by atoms with Gasteiger partial charge in [0.1, 0.15) is 0 Å². The molecule has 2 aromatic rings. The molecule has 0 spiro atoms. The van der Waals surface area contributed by atoms with Gasteiger partial charge in [0.25, 0.3) is 0 Å². The smallest absolute Gasteiger partial charge is 0.166 e. The largest absolute Gasteiger partial charge is 0.493 e. The van der Waals surface area contributed by atoms with E-state index in [1.165, 1.54) is 11.3 Å². The van der Waals surface area contributed by atoms with Crippen LogP contribution in [0.3, 0.4) is 0 Å². The molecule has 6 nitrogen and oxygen atoms in total. The predicted octanol–water partition coefficient (Wildman–Crippen LogP) is 2.61. The quantitative estimate of drug-likeness (QED) is 0.518. The van der Waals surface area contributed by atoms with Crippen LogP contribution in [0.25, 0.3) is 0 Å². The Labute approximate surface area is 160 Å². The monoisotopic (exact) mass is 376 g/mol. The number of nitrogens with zero attached hydrogens (tertiary/aromatic N) is 2. The van der Waals surface area contributed by atoms with Gasteiger partial charge in [-0.1, -0.05) is 6.07 Å². The molecule has 0 saturated carbocycles. The number of nitrogens with one attached hydrogen (secondary N) is 2. The Morgan fingerprint density at radius 2 is 1.81 bits per heavy atom. The average molecular weight is 377 g/mol. The van der Waals surface area contributed by atoms with E-state index >= 15 is 0 Å². The van der Waals surface area contributed by atoms with Crippen molar-refractivity contribution in [3.8, 4) is 11.5 Å². The van der Waals surface area contributed by atoms with Crippen molar-refractivity contribution >= 4 is 17.3 Å². The standard InChI is InChI=1S/C19H28N4O2S/c1-14-12-15(2)23(22-14)11-5-9-20-19(26)21-10-8-16-6-7-17(24-3)18(13-16)25-4/h6-7,12-13H,5,8-11H2,1-4H3,(H2,20,21,26). The minimum atomic E-state index is 0.679. The second-order valence-corrected chi connectivity index (χ2v) is 6.53. The maximum Gasteiger partial charge on any atom is 0.166 e. The lowest BCUT2D eigenvalue weighted by molar-refractivity contribution is 0.354. The molecule has 1 aromatic carbocycles. The van der Waals surface area contributed by atoms with E-state index in [4.69, 9.17) is 21.7 Å². The van der Waals surface area contributed by atoms with Crippen molar-refractivity contribution < 1.29 is 9.47 Å². The summed E-state index contributed by atoms with van der Waals surface area (Å²) in [5, 5.41) is 11.6. The van der Waals surface area contributed by atoms with Crippen LogP contribution in [0.4, 0.5) is 0 Å². The van der Waals surface area contributed by atoms with Crippen molar-refractivity contribution in [3.05, 3.63) is 41.2 Å². The fourth-order valence-electron chi connectivity index (χ4n) is 2.75. The van der Waals surface area contributed by atoms with Gasteiger partial charge >= 0.3 is 0 Å². The maximum absolute atomic E-state index is 5.33. The Morgan fingerprint density at radius 1 is 1.08 bits per heavy atom. The molecule has 0 bridgehead atoms. The highest BCUT2D eigenvalue weighted by atomic mass is 32.1. The molecule has 0 aliphatic carbocycles. The third-order valence-corrected chi connectivity index (χ3v) is 4.37. The maximum atomic E-state index is 5.33. The first-order chi connectivity index (χ1) is 12.5. The predicted molar refractivity (Wildman–Crippen MR) is 108 cm³/mol. The third-order valence-electron chi connectivity index (χ3n) is 4.08. The van der Waals surface area contributed by atoms with Crippen LogP contribution in [0, 0.1) is 13.8 Å². The number of ether oxygens (including phenoxy) is 2. The molecule has 0 aliphatic heterocycles. The topological polar surface area (TPSA) is 60.3 Å². The zero-order valence-electron chi connectivity index (χ0n) is 16.0. The molecule has 2 rings (SSSR count). The lowest BCUT2D eigenvalue weighted by Crippen LogP contribution is -2.37. The summed E-state index contributed by atoms with van der Waals surface area (Å²) in [6, 6.07) is 8.04. The van der Waals surface area contributed by atoms with Crippen molar-refractivity contribution in [3.63, 3.8) is 0 Å². The SMILES string of the molecule is COc1ccc(CCNC(=S)NCCCn2nc(C)cc2C)cc1OC. The average Bonchev–Trinajstić information content (AvgIpc) is 2.95. The summed E-state index contributed by atoms with van der Waals surface area (Å²) < 4.78 is 12.6. The minimum absolute atomic E-state index is 0.679. The van der Waals surface area contributed by atoms with E-state index in [0.29, 0.717) is 5.11 Å². The van der Waals surface area contributed by atoms with Crippen molar-refractivity contribution in [1.29, 1.82) is 0 Å². The number of rotatable bonds is 9. The van der Waals surface area contributed by atoms with Gasteiger partial charge < -0.3 is 20.1 Å². The van der Waals surface area contributed by atoms with Crippen molar-refractivity contribution in [2.75, 3.05) is 27.3 Å². The summed E-state index contributed by atoms with van der Waals surface area (Å²) in [7, 11) is 3.28. The second-order valence-electron chi connectivity index (χ2n) is 6.13. The lowest BCUT2D eigenvalue weighted by atomic mass is 10.1. The molecule has 142 valence electrons. The molecule has 26 heavy (non-hydrogen) atoms. The number of aromatic nitrogens is 2. The molecule has 0 amide bonds. The Morgan fingerprint density at radius 3 is 2.46 bits per heavy atom. The van der Waals surface area contributed by atoms with E-state index < -0.39 is 0 Å². The number of thiocarbonyl (C=S) groups is 1. The van der Waals surface area contributed by atoms with Crippen LogP contribution in [0.2, 0.25) is 0 Å². The molecule has 0 unspecified atom stereocenters. The zero-order chi connectivity index (χ0) is 18.9. The molecular formula is C19H28N4O2S. The molecule has 0 fully saturated rings. The molecular weight excluding hydrogens is 348 g/mol. The van der Waals surface area contributed by atoms with Crippen LogP contribution >= 0.6 is 12.2 Å². The number of benzene rings is 1. The summed E-state index contributed by atoms with van der Waals surface area (Å²) >= 11 is 5.33. The summed E-state index contributed by atoms with van der Waals surface area (Å²) in [6.07, 6.45) is 1.83. The summed E-state index contributed by atoms with van der Waals surface area (Å²) in [5.41, 5.74) is 3.42. The lowest BCUT2D eigenvalue weighted by Gasteiger charge is -2.12. The van der Waals surface area contributed by atoms with Gasteiger partial charge in [0, 0.05) is 25.3 Å². The normalized spacial score (nSPS) is 10.5. The highest BCUT2D eigenvalue weighted by Gasteiger charge is 2.05. The highest BCUT2D eigenvalue weighted by molar-refractivity contribution is 7.80. The minimum Gasteiger partial charge on any atom is -0.493 e. The number of aryl methyl sites for hydroxylation is 3. The molecule has 1 heterocycles. The molecule has 0 radical (unpaired) electrons. The van der Waals surface area contributed by atoms with Crippen LogP contribution < -0.4 is 20.1 Å². The Bertz CT molecular complexity index is 730. The number of methoxy groups -OCH3 is 2. The zero-order valence-corrected chi connectivity index (χ0v) is 16.8. The molecule has 7 heteroatoms. The first-order valence-electron chi connectivity index (χ1n) is 8.77. The molecule has 2 N–H and O–H groups in total. The van der Waals surface area contributed by atoms with Crippen molar-refractivity contribution in [2.24, 2.45) is 0 Å². The van der Waals surface area contributed by atoms with Crippen molar-refractivity contribution in [2.45, 2.75) is 33.2 Å². The first kappa shape index (κ1) is 20.0. The van der Waals surface area contributed by atoms with Gasteiger partial charge in [-0.2, -0.15) is 5.10 Å². The van der Waals surface area contributed by atoms with Gasteiger partial charge in [-0.3, -0.25) is 4.68 Å². The van der Waals surface area contributed by atoms with Crippen LogP contribution in [-0.2, 0) is 13.0 Å². The highest BCUT2D eigenvalue weighted by Crippen LogP contribution is 2.27. The van der Waals surface area contributed by atoms with E-state index in [-0.39, 0.29) is 0 Å². The van der Waals surface area contributed by atoms with Gasteiger partial charge in [0.15, 0.2) is 16.6 Å². The van der Waals surface area contributed by atoms with Crippen LogP contribution in [0.15, 0.2) is 24.3 Å². The molecule has 1 aromatic heterocycles. The fraction of sp³-hybridized carbons (Fsp3) is 0.474. The van der Waals surface area contributed by atoms with Crippen LogP contribution in [0.1, 0.15) is 23.4 Å². The number of hydrogen-bond acceptors (Lipinski definition) is 4. The van der Waals surface area contributed by atoms with Crippen LogP contribution in [-0.4, -0.2) is 42.2 Å². The Hall–Kier alpha value is -2.28. The van der Waals surface area contributed by atoms with E-state index in [9.17, 15) is 0 Å². The van der Waals surface area contributed by atoms with E-state index in [1.807, 2.05) is 29.8 Å². The summed E-state index contributed by atoms with van der Waals surface area (Å²) in [6.45, 7) is 6.56. The van der Waals surface area contributed by atoms with Gasteiger partial charge in [-0.05, 0) is 62.7 Å². The third kappa shape index (κ3) is 5.91. The second kappa shape index (κ2) is 10.0. The Balaban J connectivity index is 1.65. The van der Waals surface area contributed by atoms with Gasteiger partial charge in [-0.25, -0.2) is 0 Å². The van der Waals surface area contributed by atoms with Gasteiger partial charge in [0.2, 0.25) is 0 Å². The van der Waals surface area contributed by atoms with Gasteiger partial charge in [0.05, 0.1) is 19.9 Å². The molecule has 0 saturated heterocycles.